The van der Waals surface area contributed by atoms with Gasteiger partial charge in [-0.3, -0.25) is 9.59 Å². The molecule has 0 atom stereocenters. The van der Waals surface area contributed by atoms with E-state index in [9.17, 15) is 18.4 Å². The van der Waals surface area contributed by atoms with E-state index in [1.54, 1.807) is 0 Å². The molecule has 0 radical (unpaired) electrons. The fourth-order valence-electron chi connectivity index (χ4n) is 3.85. The second-order valence-electron chi connectivity index (χ2n) is 7.06. The third-order valence-electron chi connectivity index (χ3n) is 4.90. The molecule has 2 bridgehead atoms. The van der Waals surface area contributed by atoms with E-state index in [2.05, 4.69) is 10.6 Å². The Bertz CT molecular complexity index is 913. The Balaban J connectivity index is 1.24. The number of halogens is 3. The predicted octanol–water partition coefficient (Wildman–Crippen LogP) is 3.28. The highest BCUT2D eigenvalue weighted by atomic mass is 35.5. The maximum Gasteiger partial charge on any atom is 0.264 e. The third-order valence-corrected chi connectivity index (χ3v) is 6.09. The first-order chi connectivity index (χ1) is 12.8. The highest BCUT2D eigenvalue weighted by Crippen LogP contribution is 2.60. The van der Waals surface area contributed by atoms with Crippen molar-refractivity contribution < 1.29 is 23.1 Å². The van der Waals surface area contributed by atoms with Crippen molar-refractivity contribution in [3.8, 4) is 5.75 Å². The second kappa shape index (κ2) is 6.45. The average Bonchev–Trinajstić information content (AvgIpc) is 2.99. The van der Waals surface area contributed by atoms with Crippen LogP contribution in [0, 0.1) is 11.6 Å². The van der Waals surface area contributed by atoms with Gasteiger partial charge in [-0.05, 0) is 42.8 Å². The smallest absolute Gasteiger partial charge is 0.264 e. The largest absolute Gasteiger partial charge is 0.484 e. The number of carbonyl (C=O) groups is 2. The Morgan fingerprint density at radius 3 is 2.44 bits per heavy atom. The fraction of sp³-hybridized carbons (Fsp3) is 0.333. The molecule has 1 heterocycles. The van der Waals surface area contributed by atoms with Crippen molar-refractivity contribution in [1.29, 1.82) is 0 Å². The van der Waals surface area contributed by atoms with Crippen LogP contribution in [0.1, 0.15) is 28.9 Å². The van der Waals surface area contributed by atoms with Gasteiger partial charge in [-0.1, -0.05) is 11.6 Å². The number of carbonyl (C=O) groups excluding carboxylic acids is 2. The zero-order chi connectivity index (χ0) is 19.2. The number of benzene rings is 1. The lowest BCUT2D eigenvalue weighted by atomic mass is 9.44. The quantitative estimate of drug-likeness (QED) is 0.765. The average molecular weight is 413 g/mol. The highest BCUT2D eigenvalue weighted by molar-refractivity contribution is 7.12. The van der Waals surface area contributed by atoms with Crippen molar-refractivity contribution in [2.24, 2.45) is 0 Å². The summed E-state index contributed by atoms with van der Waals surface area (Å²) in [5, 5.41) is 7.27. The Morgan fingerprint density at radius 2 is 1.81 bits per heavy atom. The topological polar surface area (TPSA) is 67.4 Å². The van der Waals surface area contributed by atoms with Crippen molar-refractivity contribution in [3.05, 3.63) is 51.2 Å². The monoisotopic (exact) mass is 412 g/mol. The van der Waals surface area contributed by atoms with Crippen molar-refractivity contribution in [2.75, 3.05) is 6.61 Å². The number of hydrogen-bond donors (Lipinski definition) is 2. The van der Waals surface area contributed by atoms with Crippen molar-refractivity contribution >= 4 is 34.8 Å². The van der Waals surface area contributed by atoms with Crippen LogP contribution in [0.5, 0.6) is 5.75 Å². The molecule has 3 fully saturated rings. The van der Waals surface area contributed by atoms with Gasteiger partial charge >= 0.3 is 0 Å². The summed E-state index contributed by atoms with van der Waals surface area (Å²) in [6.07, 6.45) is 1.79. The minimum absolute atomic E-state index is 0.0181. The highest BCUT2D eigenvalue weighted by Gasteiger charge is 2.69. The van der Waals surface area contributed by atoms with Gasteiger partial charge in [0.05, 0.1) is 5.02 Å². The van der Waals surface area contributed by atoms with E-state index in [-0.39, 0.29) is 39.2 Å². The number of ether oxygens (including phenoxy) is 1. The second-order valence-corrected chi connectivity index (χ2v) is 8.38. The summed E-state index contributed by atoms with van der Waals surface area (Å²) < 4.78 is 32.1. The molecule has 3 saturated carbocycles. The standard InChI is InChI=1S/C18H15ClF2N2O3S/c19-11-2-1-10(5-13(11)21)26-6-14(24)22-17-7-18(8-17,9-17)23-16(25)15-12(20)3-4-27-15/h1-5H,6-9H2,(H,22,24)(H,23,25). The predicted molar refractivity (Wildman–Crippen MR) is 96.1 cm³/mol. The summed E-state index contributed by atoms with van der Waals surface area (Å²) in [7, 11) is 0. The number of amides is 2. The van der Waals surface area contributed by atoms with Crippen LogP contribution in [0.25, 0.3) is 0 Å². The van der Waals surface area contributed by atoms with E-state index in [1.165, 1.54) is 23.6 Å². The van der Waals surface area contributed by atoms with Crippen LogP contribution in [-0.2, 0) is 4.79 Å². The maximum absolute atomic E-state index is 13.5. The molecule has 5 nitrogen and oxygen atoms in total. The molecule has 1 aromatic carbocycles. The fourth-order valence-corrected chi connectivity index (χ4v) is 4.63. The summed E-state index contributed by atoms with van der Waals surface area (Å²) in [5.41, 5.74) is -0.728. The maximum atomic E-state index is 13.5. The Kier molecular flexibility index (Phi) is 4.35. The summed E-state index contributed by atoms with van der Waals surface area (Å²) in [6.45, 7) is -0.247. The van der Waals surface area contributed by atoms with Crippen LogP contribution >= 0.6 is 22.9 Å². The lowest BCUT2D eigenvalue weighted by molar-refractivity contribution is -0.141. The Labute approximate surface area is 162 Å². The van der Waals surface area contributed by atoms with Crippen molar-refractivity contribution in [1.82, 2.24) is 10.6 Å². The number of nitrogens with one attached hydrogen (secondary N) is 2. The number of thiophene rings is 1. The molecular weight excluding hydrogens is 398 g/mol. The Morgan fingerprint density at radius 1 is 1.11 bits per heavy atom. The van der Waals surface area contributed by atoms with Gasteiger partial charge in [-0.2, -0.15) is 0 Å². The van der Waals surface area contributed by atoms with Gasteiger partial charge in [0.15, 0.2) is 6.61 Å². The zero-order valence-corrected chi connectivity index (χ0v) is 15.6. The van der Waals surface area contributed by atoms with Gasteiger partial charge in [0.1, 0.15) is 22.3 Å². The summed E-state index contributed by atoms with van der Waals surface area (Å²) >= 11 is 6.65. The van der Waals surface area contributed by atoms with Gasteiger partial charge < -0.3 is 15.4 Å². The van der Waals surface area contributed by atoms with Gasteiger partial charge in [0.25, 0.3) is 11.8 Å². The lowest BCUT2D eigenvalue weighted by Gasteiger charge is -2.70. The first-order valence-electron chi connectivity index (χ1n) is 8.24. The molecule has 5 rings (SSSR count). The molecule has 0 spiro atoms. The minimum Gasteiger partial charge on any atom is -0.484 e. The first kappa shape index (κ1) is 18.2. The Hall–Kier alpha value is -2.19. The molecule has 3 aliphatic rings. The number of hydrogen-bond acceptors (Lipinski definition) is 4. The molecule has 0 aliphatic heterocycles. The molecule has 2 N–H and O–H groups in total. The number of rotatable bonds is 6. The lowest BCUT2D eigenvalue weighted by Crippen LogP contribution is -2.84. The zero-order valence-electron chi connectivity index (χ0n) is 14.0. The molecule has 1 aromatic heterocycles. The third kappa shape index (κ3) is 3.39. The van der Waals surface area contributed by atoms with Crippen LogP contribution in [0.15, 0.2) is 29.6 Å². The van der Waals surface area contributed by atoms with Crippen molar-refractivity contribution in [3.63, 3.8) is 0 Å². The normalized spacial score (nSPS) is 25.1. The molecule has 0 saturated heterocycles. The summed E-state index contributed by atoms with van der Waals surface area (Å²) in [5.74, 6) is -1.67. The minimum atomic E-state index is -0.617. The molecular formula is C18H15ClF2N2O3S. The molecule has 142 valence electrons. The van der Waals surface area contributed by atoms with Crippen LogP contribution in [0.3, 0.4) is 0 Å². The SMILES string of the molecule is O=C(COc1ccc(Cl)c(F)c1)NC12CC(NC(=O)c3sccc3F)(C1)C2. The molecule has 0 unspecified atom stereocenters. The molecule has 9 heteroatoms. The van der Waals surface area contributed by atoms with Gasteiger partial charge in [-0.15, -0.1) is 11.3 Å². The van der Waals surface area contributed by atoms with Crippen molar-refractivity contribution in [2.45, 2.75) is 30.3 Å². The van der Waals surface area contributed by atoms with Gasteiger partial charge in [0, 0.05) is 17.1 Å². The van der Waals surface area contributed by atoms with E-state index in [0.29, 0.717) is 19.3 Å². The van der Waals surface area contributed by atoms with Crippen LogP contribution in [0.4, 0.5) is 8.78 Å². The molecule has 2 aromatic rings. The first-order valence-corrected chi connectivity index (χ1v) is 9.50. The van der Waals surface area contributed by atoms with Gasteiger partial charge in [0.2, 0.25) is 0 Å². The summed E-state index contributed by atoms with van der Waals surface area (Å²) in [6, 6.07) is 5.21. The molecule has 27 heavy (non-hydrogen) atoms. The van der Waals surface area contributed by atoms with Crippen LogP contribution in [-0.4, -0.2) is 29.5 Å². The van der Waals surface area contributed by atoms with E-state index in [4.69, 9.17) is 16.3 Å². The van der Waals surface area contributed by atoms with Gasteiger partial charge in [-0.25, -0.2) is 8.78 Å². The molecule has 2 amide bonds. The van der Waals surface area contributed by atoms with Crippen LogP contribution in [0.2, 0.25) is 5.02 Å². The summed E-state index contributed by atoms with van der Waals surface area (Å²) in [4.78, 5) is 24.2. The molecule has 3 aliphatic carbocycles. The van der Waals surface area contributed by atoms with E-state index >= 15 is 0 Å². The van der Waals surface area contributed by atoms with Crippen LogP contribution < -0.4 is 15.4 Å². The van der Waals surface area contributed by atoms with E-state index < -0.39 is 17.5 Å². The van der Waals surface area contributed by atoms with E-state index in [0.717, 1.165) is 17.4 Å². The van der Waals surface area contributed by atoms with E-state index in [1.807, 2.05) is 0 Å².